The van der Waals surface area contributed by atoms with Crippen molar-refractivity contribution >= 4 is 5.96 Å². The monoisotopic (exact) mass is 184 g/mol. The predicted molar refractivity (Wildman–Crippen MR) is 55.6 cm³/mol. The molecule has 0 aromatic rings. The molecule has 0 amide bonds. The third-order valence-electron chi connectivity index (χ3n) is 2.41. The first-order valence-electron chi connectivity index (χ1n) is 5.08. The number of nitrogens with one attached hydrogen (secondary N) is 1. The van der Waals surface area contributed by atoms with E-state index >= 15 is 0 Å². The SMILES string of the molecule is NC(N)=NC[C@@H]1CCCCCCN1. The van der Waals surface area contributed by atoms with Gasteiger partial charge in [0.1, 0.15) is 0 Å². The highest BCUT2D eigenvalue weighted by Crippen LogP contribution is 2.09. The van der Waals surface area contributed by atoms with Gasteiger partial charge in [0.05, 0.1) is 6.54 Å². The molecule has 1 heterocycles. The van der Waals surface area contributed by atoms with Crippen LogP contribution in [0.25, 0.3) is 0 Å². The van der Waals surface area contributed by atoms with Crippen molar-refractivity contribution in [2.45, 2.75) is 38.1 Å². The van der Waals surface area contributed by atoms with E-state index in [1.165, 1.54) is 32.1 Å². The van der Waals surface area contributed by atoms with Crippen LogP contribution in [-0.4, -0.2) is 25.1 Å². The molecule has 0 radical (unpaired) electrons. The molecule has 0 bridgehead atoms. The second kappa shape index (κ2) is 5.80. The van der Waals surface area contributed by atoms with Gasteiger partial charge >= 0.3 is 0 Å². The Morgan fingerprint density at radius 2 is 2.00 bits per heavy atom. The third kappa shape index (κ3) is 4.72. The molecule has 0 aliphatic carbocycles. The fourth-order valence-electron chi connectivity index (χ4n) is 1.65. The van der Waals surface area contributed by atoms with Crippen LogP contribution in [0, 0.1) is 0 Å². The van der Waals surface area contributed by atoms with E-state index in [4.69, 9.17) is 11.5 Å². The Morgan fingerprint density at radius 1 is 1.23 bits per heavy atom. The van der Waals surface area contributed by atoms with E-state index in [0.717, 1.165) is 13.1 Å². The van der Waals surface area contributed by atoms with Crippen LogP contribution in [0.15, 0.2) is 4.99 Å². The number of nitrogens with two attached hydrogens (primary N) is 2. The summed E-state index contributed by atoms with van der Waals surface area (Å²) < 4.78 is 0. The first-order valence-corrected chi connectivity index (χ1v) is 5.08. The van der Waals surface area contributed by atoms with Crippen LogP contribution in [-0.2, 0) is 0 Å². The Balaban J connectivity index is 2.25. The minimum Gasteiger partial charge on any atom is -0.370 e. The van der Waals surface area contributed by atoms with Gasteiger partial charge in [-0.05, 0) is 19.4 Å². The second-order valence-electron chi connectivity index (χ2n) is 3.62. The lowest BCUT2D eigenvalue weighted by Gasteiger charge is -2.19. The summed E-state index contributed by atoms with van der Waals surface area (Å²) in [6.45, 7) is 1.83. The van der Waals surface area contributed by atoms with E-state index in [2.05, 4.69) is 10.3 Å². The molecule has 1 aliphatic rings. The summed E-state index contributed by atoms with van der Waals surface area (Å²) in [5.74, 6) is 0.198. The molecule has 4 nitrogen and oxygen atoms in total. The number of rotatable bonds is 2. The summed E-state index contributed by atoms with van der Waals surface area (Å²) in [5, 5.41) is 3.46. The van der Waals surface area contributed by atoms with Crippen LogP contribution >= 0.6 is 0 Å². The minimum atomic E-state index is 0.198. The molecule has 1 aliphatic heterocycles. The van der Waals surface area contributed by atoms with Gasteiger partial charge in [-0.15, -0.1) is 0 Å². The van der Waals surface area contributed by atoms with Gasteiger partial charge in [-0.25, -0.2) is 0 Å². The third-order valence-corrected chi connectivity index (χ3v) is 2.41. The molecular formula is C9H20N4. The molecule has 0 unspecified atom stereocenters. The zero-order valence-corrected chi connectivity index (χ0v) is 8.13. The lowest BCUT2D eigenvalue weighted by molar-refractivity contribution is 0.423. The van der Waals surface area contributed by atoms with Gasteiger partial charge in [0, 0.05) is 6.04 Å². The minimum absolute atomic E-state index is 0.198. The standard InChI is InChI=1S/C9H20N4/c10-9(11)13-7-8-5-3-1-2-4-6-12-8/h8,12H,1-7H2,(H4,10,11,13)/t8-/m0/s1. The molecule has 0 spiro atoms. The Hall–Kier alpha value is -0.770. The van der Waals surface area contributed by atoms with Crippen LogP contribution in [0.5, 0.6) is 0 Å². The highest BCUT2D eigenvalue weighted by Gasteiger charge is 2.09. The molecule has 4 heteroatoms. The molecule has 1 atom stereocenters. The van der Waals surface area contributed by atoms with Crippen molar-refractivity contribution in [1.29, 1.82) is 0 Å². The van der Waals surface area contributed by atoms with Crippen LogP contribution in [0.3, 0.4) is 0 Å². The van der Waals surface area contributed by atoms with Crippen LogP contribution in [0.4, 0.5) is 0 Å². The van der Waals surface area contributed by atoms with E-state index in [-0.39, 0.29) is 5.96 Å². The first kappa shape index (κ1) is 10.3. The van der Waals surface area contributed by atoms with Crippen molar-refractivity contribution in [3.8, 4) is 0 Å². The average Bonchev–Trinajstić information content (AvgIpc) is 2.01. The molecule has 1 saturated heterocycles. The largest absolute Gasteiger partial charge is 0.370 e. The summed E-state index contributed by atoms with van der Waals surface area (Å²) in [6.07, 6.45) is 6.45. The number of guanidine groups is 1. The maximum absolute atomic E-state index is 5.28. The molecule has 13 heavy (non-hydrogen) atoms. The molecule has 5 N–H and O–H groups in total. The van der Waals surface area contributed by atoms with Gasteiger partial charge in [0.25, 0.3) is 0 Å². The Morgan fingerprint density at radius 3 is 2.77 bits per heavy atom. The van der Waals surface area contributed by atoms with E-state index < -0.39 is 0 Å². The molecule has 0 aromatic heterocycles. The number of nitrogens with zero attached hydrogens (tertiary/aromatic N) is 1. The lowest BCUT2D eigenvalue weighted by Crippen LogP contribution is -2.35. The zero-order valence-electron chi connectivity index (χ0n) is 8.13. The van der Waals surface area contributed by atoms with Crippen molar-refractivity contribution in [2.75, 3.05) is 13.1 Å². The van der Waals surface area contributed by atoms with Gasteiger partial charge in [-0.2, -0.15) is 0 Å². The molecule has 0 aromatic carbocycles. The molecular weight excluding hydrogens is 164 g/mol. The van der Waals surface area contributed by atoms with Crippen molar-refractivity contribution in [3.05, 3.63) is 0 Å². The Labute approximate surface area is 79.8 Å². The summed E-state index contributed by atoms with van der Waals surface area (Å²) in [7, 11) is 0. The average molecular weight is 184 g/mol. The molecule has 0 saturated carbocycles. The fraction of sp³-hybridized carbons (Fsp3) is 0.889. The van der Waals surface area contributed by atoms with E-state index in [0.29, 0.717) is 6.04 Å². The zero-order chi connectivity index (χ0) is 9.52. The number of hydrogen-bond donors (Lipinski definition) is 3. The fourth-order valence-corrected chi connectivity index (χ4v) is 1.65. The molecule has 1 rings (SSSR count). The highest BCUT2D eigenvalue weighted by molar-refractivity contribution is 5.75. The lowest BCUT2D eigenvalue weighted by atomic mass is 10.0. The maximum Gasteiger partial charge on any atom is 0.185 e. The molecule has 1 fully saturated rings. The van der Waals surface area contributed by atoms with Gasteiger partial charge in [0.2, 0.25) is 0 Å². The van der Waals surface area contributed by atoms with Crippen LogP contribution < -0.4 is 16.8 Å². The van der Waals surface area contributed by atoms with Gasteiger partial charge in [-0.3, -0.25) is 4.99 Å². The smallest absolute Gasteiger partial charge is 0.185 e. The van der Waals surface area contributed by atoms with Crippen molar-refractivity contribution in [3.63, 3.8) is 0 Å². The summed E-state index contributed by atoms with van der Waals surface area (Å²) in [5.41, 5.74) is 10.6. The first-order chi connectivity index (χ1) is 6.29. The highest BCUT2D eigenvalue weighted by atomic mass is 15.0. The van der Waals surface area contributed by atoms with Crippen LogP contribution in [0.1, 0.15) is 32.1 Å². The van der Waals surface area contributed by atoms with Crippen molar-refractivity contribution in [2.24, 2.45) is 16.5 Å². The molecule has 76 valence electrons. The Bertz CT molecular complexity index is 155. The topological polar surface area (TPSA) is 76.4 Å². The Kier molecular flexibility index (Phi) is 4.60. The maximum atomic E-state index is 5.28. The van der Waals surface area contributed by atoms with E-state index in [1.54, 1.807) is 0 Å². The van der Waals surface area contributed by atoms with E-state index in [9.17, 15) is 0 Å². The van der Waals surface area contributed by atoms with E-state index in [1.807, 2.05) is 0 Å². The summed E-state index contributed by atoms with van der Waals surface area (Å²) in [6, 6.07) is 0.474. The predicted octanol–water partition coefficient (Wildman–Crippen LogP) is 0.182. The normalized spacial score (nSPS) is 24.5. The van der Waals surface area contributed by atoms with Gasteiger partial charge < -0.3 is 16.8 Å². The van der Waals surface area contributed by atoms with Gasteiger partial charge in [0.15, 0.2) is 5.96 Å². The quantitative estimate of drug-likeness (QED) is 0.423. The van der Waals surface area contributed by atoms with Crippen molar-refractivity contribution in [1.82, 2.24) is 5.32 Å². The van der Waals surface area contributed by atoms with Crippen LogP contribution in [0.2, 0.25) is 0 Å². The van der Waals surface area contributed by atoms with Gasteiger partial charge in [-0.1, -0.05) is 19.3 Å². The second-order valence-corrected chi connectivity index (χ2v) is 3.62. The summed E-state index contributed by atoms with van der Waals surface area (Å²) >= 11 is 0. The number of hydrogen-bond acceptors (Lipinski definition) is 2. The summed E-state index contributed by atoms with van der Waals surface area (Å²) in [4.78, 5) is 4.03. The number of aliphatic imine (C=N–C) groups is 1. The van der Waals surface area contributed by atoms with Crippen molar-refractivity contribution < 1.29 is 0 Å².